The summed E-state index contributed by atoms with van der Waals surface area (Å²) in [4.78, 5) is 62.2. The SMILES string of the molecule is CCCCCCCCCCCCCC(=O)OCC(CSC[C@H](N)C(=O)N[C@@H](CO)C(=O)N[C@H](C=O)CCCCN)OC(=O)CCCCCCCCCCCCC. The molecule has 0 fully saturated rings. The number of aldehydes is 1. The van der Waals surface area contributed by atoms with E-state index in [2.05, 4.69) is 24.5 Å². The maximum absolute atomic E-state index is 12.8. The standard InChI is InChI=1S/C43H82N4O8S/c1-3-5-7-9-11-13-15-17-19-21-23-28-40(50)54-33-37(55-41(51)29-24-22-20-18-16-14-12-10-8-6-4-2)34-56-35-38(45)42(52)47-39(32-49)43(53)46-36(31-48)27-25-26-30-44/h31,36-39,49H,3-30,32-35,44-45H2,1-2H3,(H,46,53)(H,47,52)/t36-,37?,38-,39-/m0/s1. The third kappa shape index (κ3) is 32.8. The number of amides is 2. The molecule has 0 heterocycles. The fourth-order valence-electron chi connectivity index (χ4n) is 6.33. The molecule has 0 spiro atoms. The molecule has 0 aromatic rings. The van der Waals surface area contributed by atoms with Crippen molar-refractivity contribution in [1.82, 2.24) is 10.6 Å². The summed E-state index contributed by atoms with van der Waals surface area (Å²) in [6, 6.07) is -3.07. The number of thioether (sulfide) groups is 1. The molecule has 0 saturated carbocycles. The van der Waals surface area contributed by atoms with E-state index in [1.165, 1.54) is 114 Å². The number of carbonyl (C=O) groups is 5. The topological polar surface area (TPSA) is 200 Å². The van der Waals surface area contributed by atoms with Crippen molar-refractivity contribution in [1.29, 1.82) is 0 Å². The van der Waals surface area contributed by atoms with E-state index in [9.17, 15) is 29.1 Å². The van der Waals surface area contributed by atoms with Crippen LogP contribution in [0.15, 0.2) is 0 Å². The van der Waals surface area contributed by atoms with Crippen molar-refractivity contribution in [2.45, 2.75) is 211 Å². The number of rotatable bonds is 41. The molecule has 56 heavy (non-hydrogen) atoms. The van der Waals surface area contributed by atoms with Gasteiger partial charge in [0.05, 0.1) is 18.7 Å². The molecule has 0 aliphatic rings. The zero-order valence-electron chi connectivity index (χ0n) is 35.4. The van der Waals surface area contributed by atoms with E-state index in [0.29, 0.717) is 38.5 Å². The zero-order valence-corrected chi connectivity index (χ0v) is 36.2. The molecule has 1 unspecified atom stereocenters. The minimum Gasteiger partial charge on any atom is -0.462 e. The number of unbranched alkanes of at least 4 members (excludes halogenated alkanes) is 21. The summed E-state index contributed by atoms with van der Waals surface area (Å²) in [5.41, 5.74) is 11.6. The second-order valence-electron chi connectivity index (χ2n) is 15.3. The maximum Gasteiger partial charge on any atom is 0.306 e. The highest BCUT2D eigenvalue weighted by Crippen LogP contribution is 2.15. The third-order valence-corrected chi connectivity index (χ3v) is 11.1. The number of carbonyl (C=O) groups excluding carboxylic acids is 5. The third-order valence-electron chi connectivity index (χ3n) is 9.91. The van der Waals surface area contributed by atoms with Crippen LogP contribution in [0.4, 0.5) is 0 Å². The number of nitrogens with two attached hydrogens (primary N) is 2. The largest absolute Gasteiger partial charge is 0.462 e. The lowest BCUT2D eigenvalue weighted by Gasteiger charge is -2.21. The summed E-state index contributed by atoms with van der Waals surface area (Å²) in [6.07, 6.45) is 28.3. The fourth-order valence-corrected chi connectivity index (χ4v) is 7.30. The Morgan fingerprint density at radius 2 is 1.12 bits per heavy atom. The van der Waals surface area contributed by atoms with E-state index in [0.717, 1.165) is 38.5 Å². The van der Waals surface area contributed by atoms with Crippen molar-refractivity contribution in [3.8, 4) is 0 Å². The Balaban J connectivity index is 4.81. The summed E-state index contributed by atoms with van der Waals surface area (Å²) in [5.74, 6) is -1.63. The van der Waals surface area contributed by atoms with Gasteiger partial charge in [-0.3, -0.25) is 19.2 Å². The molecular formula is C43H82N4O8S. The summed E-state index contributed by atoms with van der Waals surface area (Å²) < 4.78 is 11.3. The second kappa shape index (κ2) is 39.6. The number of nitrogens with one attached hydrogen (secondary N) is 2. The molecule has 0 rings (SSSR count). The Hall–Kier alpha value is -2.22. The van der Waals surface area contributed by atoms with Crippen LogP contribution < -0.4 is 22.1 Å². The van der Waals surface area contributed by atoms with Crippen LogP contribution in [-0.2, 0) is 33.4 Å². The van der Waals surface area contributed by atoms with Crippen molar-refractivity contribution < 1.29 is 38.6 Å². The van der Waals surface area contributed by atoms with Crippen LogP contribution in [0.3, 0.4) is 0 Å². The Kier molecular flexibility index (Phi) is 38.0. The van der Waals surface area contributed by atoms with Gasteiger partial charge in [-0.2, -0.15) is 11.8 Å². The van der Waals surface area contributed by atoms with Crippen molar-refractivity contribution in [2.75, 3.05) is 31.3 Å². The quantitative estimate of drug-likeness (QED) is 0.0238. The molecule has 0 radical (unpaired) electrons. The predicted molar refractivity (Wildman–Crippen MR) is 228 cm³/mol. The Labute approximate surface area is 344 Å². The zero-order chi connectivity index (χ0) is 41.5. The van der Waals surface area contributed by atoms with Gasteiger partial charge >= 0.3 is 11.9 Å². The average Bonchev–Trinajstić information content (AvgIpc) is 3.19. The lowest BCUT2D eigenvalue weighted by Crippen LogP contribution is -2.55. The maximum atomic E-state index is 12.8. The van der Waals surface area contributed by atoms with Gasteiger partial charge in [-0.15, -0.1) is 0 Å². The summed E-state index contributed by atoms with van der Waals surface area (Å²) in [7, 11) is 0. The number of esters is 2. The predicted octanol–water partition coefficient (Wildman–Crippen LogP) is 7.19. The molecule has 328 valence electrons. The summed E-state index contributed by atoms with van der Waals surface area (Å²) >= 11 is 1.27. The van der Waals surface area contributed by atoms with Crippen LogP contribution in [0.5, 0.6) is 0 Å². The number of aliphatic hydroxyl groups excluding tert-OH is 1. The van der Waals surface area contributed by atoms with Crippen LogP contribution >= 0.6 is 11.8 Å². The van der Waals surface area contributed by atoms with E-state index in [-0.39, 0.29) is 36.5 Å². The normalized spacial score (nSPS) is 13.4. The monoisotopic (exact) mass is 815 g/mol. The van der Waals surface area contributed by atoms with E-state index in [4.69, 9.17) is 20.9 Å². The molecule has 0 bridgehead atoms. The lowest BCUT2D eigenvalue weighted by molar-refractivity contribution is -0.157. The van der Waals surface area contributed by atoms with Gasteiger partial charge < -0.3 is 41.5 Å². The van der Waals surface area contributed by atoms with Gasteiger partial charge in [0.2, 0.25) is 11.8 Å². The molecule has 0 aliphatic carbocycles. The number of aliphatic hydroxyl groups is 1. The van der Waals surface area contributed by atoms with Crippen LogP contribution in [0, 0.1) is 0 Å². The molecule has 2 amide bonds. The molecular weight excluding hydrogens is 733 g/mol. The first-order chi connectivity index (χ1) is 27.2. The minimum atomic E-state index is -1.28. The molecule has 0 aliphatic heterocycles. The first kappa shape index (κ1) is 53.8. The van der Waals surface area contributed by atoms with Crippen molar-refractivity contribution in [2.24, 2.45) is 11.5 Å². The van der Waals surface area contributed by atoms with E-state index < -0.39 is 42.7 Å². The minimum absolute atomic E-state index is 0.0781. The highest BCUT2D eigenvalue weighted by molar-refractivity contribution is 7.99. The van der Waals surface area contributed by atoms with Gasteiger partial charge in [0.25, 0.3) is 0 Å². The van der Waals surface area contributed by atoms with Crippen LogP contribution in [0.1, 0.15) is 187 Å². The number of hydrogen-bond acceptors (Lipinski definition) is 11. The van der Waals surface area contributed by atoms with Gasteiger partial charge in [0.1, 0.15) is 25.0 Å². The van der Waals surface area contributed by atoms with Gasteiger partial charge in [0.15, 0.2) is 0 Å². The lowest BCUT2D eigenvalue weighted by atomic mass is 10.1. The van der Waals surface area contributed by atoms with Crippen molar-refractivity contribution in [3.05, 3.63) is 0 Å². The van der Waals surface area contributed by atoms with Crippen molar-refractivity contribution >= 4 is 41.8 Å². The molecule has 0 aromatic heterocycles. The Bertz CT molecular complexity index is 992. The molecule has 12 nitrogen and oxygen atoms in total. The van der Waals surface area contributed by atoms with E-state index in [1.54, 1.807) is 0 Å². The first-order valence-electron chi connectivity index (χ1n) is 22.3. The van der Waals surface area contributed by atoms with Gasteiger partial charge in [-0.1, -0.05) is 142 Å². The fraction of sp³-hybridized carbons (Fsp3) is 0.884. The average molecular weight is 815 g/mol. The Morgan fingerprint density at radius 1 is 0.643 bits per heavy atom. The number of hydrogen-bond donors (Lipinski definition) is 5. The van der Waals surface area contributed by atoms with Gasteiger partial charge in [-0.05, 0) is 38.6 Å². The van der Waals surface area contributed by atoms with E-state index >= 15 is 0 Å². The number of ether oxygens (including phenoxy) is 2. The Morgan fingerprint density at radius 3 is 1.59 bits per heavy atom. The molecule has 7 N–H and O–H groups in total. The summed E-state index contributed by atoms with van der Waals surface area (Å²) in [5, 5.41) is 14.7. The van der Waals surface area contributed by atoms with Crippen LogP contribution in [0.2, 0.25) is 0 Å². The van der Waals surface area contributed by atoms with Crippen molar-refractivity contribution in [3.63, 3.8) is 0 Å². The molecule has 13 heteroatoms. The molecule has 0 saturated heterocycles. The van der Waals surface area contributed by atoms with Gasteiger partial charge in [0, 0.05) is 24.3 Å². The molecule has 4 atom stereocenters. The second-order valence-corrected chi connectivity index (χ2v) is 16.4. The highest BCUT2D eigenvalue weighted by atomic mass is 32.2. The van der Waals surface area contributed by atoms with Crippen LogP contribution in [0.25, 0.3) is 0 Å². The van der Waals surface area contributed by atoms with Gasteiger partial charge in [-0.25, -0.2) is 0 Å². The summed E-state index contributed by atoms with van der Waals surface area (Å²) in [6.45, 7) is 4.18. The first-order valence-corrected chi connectivity index (χ1v) is 23.4. The van der Waals surface area contributed by atoms with E-state index in [1.807, 2.05) is 0 Å². The smallest absolute Gasteiger partial charge is 0.306 e. The van der Waals surface area contributed by atoms with Crippen LogP contribution in [-0.4, -0.2) is 90.6 Å². The molecule has 0 aromatic carbocycles. The highest BCUT2D eigenvalue weighted by Gasteiger charge is 2.26.